The summed E-state index contributed by atoms with van der Waals surface area (Å²) in [6.45, 7) is 26.2. The SMILES string of the molecule is CC1=CC2Oc3cc(C)ccc3C(C)=C2C=C1.CC1COc2ccccc2O1.Cc1ccc2c(c1)OCCCO2.Cc1ccc2c(c1)OCCO2.Cc1cccc2c1OCCCO2.Cc1cccc2c1OCCO2.Cc1cccc2c1OCCO2. The van der Waals surface area contributed by atoms with Crippen LogP contribution in [0.15, 0.2) is 163 Å². The molecule has 15 rings (SSSR count). The zero-order valence-corrected chi connectivity index (χ0v) is 50.6. The summed E-state index contributed by atoms with van der Waals surface area (Å²) in [5, 5.41) is 0. The van der Waals surface area contributed by atoms with Crippen molar-refractivity contribution in [2.45, 2.75) is 87.4 Å². The third kappa shape index (κ3) is 16.9. The van der Waals surface area contributed by atoms with Gasteiger partial charge in [0.2, 0.25) is 0 Å². The van der Waals surface area contributed by atoms with Crippen LogP contribution in [0.25, 0.3) is 5.57 Å². The smallest absolute Gasteiger partial charge is 0.164 e. The Kier molecular flexibility index (Phi) is 21.5. The standard InChI is InChI=1S/C16H16O.2C10H12O2.4C9H10O2/c1-10-4-6-13-12(3)14-7-5-11(2)9-16(14)17-15(13)8-10;1-8-3-4-9-10(7-8)12-6-2-5-11-9;1-8-4-2-5-9-10(8)12-7-3-6-11-9;1-7-2-3-8-9(6-7)11-5-4-10-8;2*1-7-3-2-4-8-9(7)11-6-5-10-8;1-7-6-10-8-4-2-3-5-9(8)11-7/h4-9,15H,1-3H3;3-4,7H,2,5-6H2,1H3;2,4-5H,3,6-7H2,1H3;2-3,6H,4-5H2,1H3;2*2-4H,5-6H2,1H3;2-5,7H,6H2,1H3. The zero-order chi connectivity index (χ0) is 59.5. The Balaban J connectivity index is 0.000000119. The van der Waals surface area contributed by atoms with E-state index in [1.54, 1.807) is 0 Å². The number of para-hydroxylation sites is 5. The van der Waals surface area contributed by atoms with Crippen LogP contribution in [-0.4, -0.2) is 84.9 Å². The van der Waals surface area contributed by atoms with Gasteiger partial charge in [0, 0.05) is 18.4 Å². The number of hydrogen-bond acceptors (Lipinski definition) is 13. The highest BCUT2D eigenvalue weighted by molar-refractivity contribution is 5.78. The minimum Gasteiger partial charge on any atom is -0.490 e. The van der Waals surface area contributed by atoms with E-state index in [0.717, 1.165) is 131 Å². The minimum atomic E-state index is 0.0919. The Morgan fingerprint density at radius 1 is 0.329 bits per heavy atom. The summed E-state index contributed by atoms with van der Waals surface area (Å²) in [4.78, 5) is 0. The van der Waals surface area contributed by atoms with E-state index >= 15 is 0 Å². The maximum Gasteiger partial charge on any atom is 0.164 e. The Morgan fingerprint density at radius 3 is 1.28 bits per heavy atom. The molecule has 7 heterocycles. The summed E-state index contributed by atoms with van der Waals surface area (Å²) in [6, 6.07) is 44.0. The van der Waals surface area contributed by atoms with Crippen molar-refractivity contribution in [3.63, 3.8) is 0 Å². The van der Waals surface area contributed by atoms with E-state index in [0.29, 0.717) is 46.2 Å². The van der Waals surface area contributed by atoms with Crippen molar-refractivity contribution in [1.29, 1.82) is 0 Å². The first-order chi connectivity index (χ1) is 41.4. The van der Waals surface area contributed by atoms with Crippen LogP contribution < -0.4 is 61.6 Å². The molecule has 13 nitrogen and oxygen atoms in total. The summed E-state index contributed by atoms with van der Waals surface area (Å²) >= 11 is 0. The van der Waals surface area contributed by atoms with Crippen LogP contribution >= 0.6 is 0 Å². The molecule has 8 aliphatic rings. The molecule has 1 aliphatic carbocycles. The van der Waals surface area contributed by atoms with Gasteiger partial charge in [0.15, 0.2) is 69.0 Å². The highest BCUT2D eigenvalue weighted by Gasteiger charge is 2.25. The highest BCUT2D eigenvalue weighted by Crippen LogP contribution is 2.40. The lowest BCUT2D eigenvalue weighted by Crippen LogP contribution is -2.25. The van der Waals surface area contributed by atoms with Gasteiger partial charge in [-0.05, 0) is 174 Å². The maximum atomic E-state index is 6.07. The molecule has 0 aromatic heterocycles. The number of aryl methyl sites for hydroxylation is 6. The molecule has 0 amide bonds. The molecule has 0 bridgehead atoms. The lowest BCUT2D eigenvalue weighted by atomic mass is 9.89. The predicted octanol–water partition coefficient (Wildman–Crippen LogP) is 15.5. The molecule has 2 unspecified atom stereocenters. The third-order valence-corrected chi connectivity index (χ3v) is 14.2. The van der Waals surface area contributed by atoms with Crippen molar-refractivity contribution in [2.24, 2.45) is 0 Å². The molecule has 13 heteroatoms. The van der Waals surface area contributed by atoms with E-state index in [4.69, 9.17) is 61.6 Å². The molecule has 0 fully saturated rings. The number of benzene rings is 7. The summed E-state index contributed by atoms with van der Waals surface area (Å²) < 4.78 is 71.4. The van der Waals surface area contributed by atoms with Gasteiger partial charge in [0.25, 0.3) is 0 Å². The van der Waals surface area contributed by atoms with Crippen molar-refractivity contribution >= 4 is 5.57 Å². The van der Waals surface area contributed by atoms with Crippen molar-refractivity contribution in [3.8, 4) is 74.7 Å². The van der Waals surface area contributed by atoms with Crippen LogP contribution in [0.4, 0.5) is 0 Å². The molecule has 7 aromatic rings. The van der Waals surface area contributed by atoms with Gasteiger partial charge in [-0.1, -0.05) is 90.5 Å². The fraction of sp³-hybridized carbons (Fsp3) is 0.333. The van der Waals surface area contributed by atoms with E-state index in [2.05, 4.69) is 64.1 Å². The van der Waals surface area contributed by atoms with Crippen molar-refractivity contribution in [2.75, 3.05) is 72.7 Å². The Bertz CT molecular complexity index is 3390. The molecule has 0 saturated carbocycles. The summed E-state index contributed by atoms with van der Waals surface area (Å²) in [5.41, 5.74) is 12.2. The quantitative estimate of drug-likeness (QED) is 0.143. The molecule has 85 heavy (non-hydrogen) atoms. The molecule has 2 atom stereocenters. The maximum absolute atomic E-state index is 6.07. The fourth-order valence-corrected chi connectivity index (χ4v) is 9.79. The first-order valence-corrected chi connectivity index (χ1v) is 29.4. The van der Waals surface area contributed by atoms with E-state index in [-0.39, 0.29) is 12.2 Å². The molecule has 0 radical (unpaired) electrons. The van der Waals surface area contributed by atoms with E-state index in [1.165, 1.54) is 39.0 Å². The number of fused-ring (bicyclic) bond motifs is 8. The van der Waals surface area contributed by atoms with Gasteiger partial charge in [0.05, 0.1) is 26.4 Å². The molecule has 0 spiro atoms. The second-order valence-electron chi connectivity index (χ2n) is 21.3. The monoisotopic (exact) mass is 1150 g/mol. The molecule has 7 aliphatic heterocycles. The predicted molar refractivity (Wildman–Crippen MR) is 333 cm³/mol. The molecule has 446 valence electrons. The molecule has 7 aromatic carbocycles. The summed E-state index contributed by atoms with van der Waals surface area (Å²) in [5.74, 6) is 11.5. The van der Waals surface area contributed by atoms with Crippen LogP contribution in [-0.2, 0) is 0 Å². The average molecular weight is 1150 g/mol. The first-order valence-electron chi connectivity index (χ1n) is 29.4. The Hall–Kier alpha value is -8.84. The van der Waals surface area contributed by atoms with Crippen LogP contribution in [0.1, 0.15) is 72.6 Å². The third-order valence-electron chi connectivity index (χ3n) is 14.2. The lowest BCUT2D eigenvalue weighted by molar-refractivity contribution is 0.104. The van der Waals surface area contributed by atoms with Crippen LogP contribution in [0.3, 0.4) is 0 Å². The van der Waals surface area contributed by atoms with Gasteiger partial charge in [-0.15, -0.1) is 0 Å². The van der Waals surface area contributed by atoms with Gasteiger partial charge in [-0.3, -0.25) is 0 Å². The van der Waals surface area contributed by atoms with Crippen LogP contribution in [0.2, 0.25) is 0 Å². The summed E-state index contributed by atoms with van der Waals surface area (Å²) in [6.07, 6.45) is 8.71. The Morgan fingerprint density at radius 2 is 0.729 bits per heavy atom. The first kappa shape index (κ1) is 60.7. The van der Waals surface area contributed by atoms with Crippen molar-refractivity contribution in [3.05, 3.63) is 202 Å². The molecule has 0 N–H and O–H groups in total. The van der Waals surface area contributed by atoms with Gasteiger partial charge in [-0.25, -0.2) is 0 Å². The topological polar surface area (TPSA) is 120 Å². The van der Waals surface area contributed by atoms with E-state index in [1.807, 2.05) is 150 Å². The second-order valence-corrected chi connectivity index (χ2v) is 21.3. The number of hydrogen-bond donors (Lipinski definition) is 0. The minimum absolute atomic E-state index is 0.0919. The number of allylic oxidation sites excluding steroid dienone is 3. The van der Waals surface area contributed by atoms with Gasteiger partial charge in [0.1, 0.15) is 64.2 Å². The average Bonchev–Trinajstić information content (AvgIpc) is 3.37. The number of rotatable bonds is 0. The van der Waals surface area contributed by atoms with Crippen LogP contribution in [0.5, 0.6) is 74.7 Å². The molecular formula is C72H80O13. The van der Waals surface area contributed by atoms with Gasteiger partial charge >= 0.3 is 0 Å². The fourth-order valence-electron chi connectivity index (χ4n) is 9.79. The normalized spacial score (nSPS) is 17.1. The highest BCUT2D eigenvalue weighted by atomic mass is 16.6. The number of ether oxygens (including phenoxy) is 13. The van der Waals surface area contributed by atoms with Crippen molar-refractivity contribution in [1.82, 2.24) is 0 Å². The lowest BCUT2D eigenvalue weighted by Gasteiger charge is -2.29. The zero-order valence-electron chi connectivity index (χ0n) is 50.6. The molecule has 0 saturated heterocycles. The van der Waals surface area contributed by atoms with Crippen molar-refractivity contribution < 1.29 is 61.6 Å². The molecular weight excluding hydrogens is 1070 g/mol. The summed E-state index contributed by atoms with van der Waals surface area (Å²) in [7, 11) is 0. The van der Waals surface area contributed by atoms with Gasteiger partial charge < -0.3 is 61.6 Å². The van der Waals surface area contributed by atoms with Crippen LogP contribution in [0, 0.1) is 41.5 Å². The van der Waals surface area contributed by atoms with E-state index in [9.17, 15) is 0 Å². The second kappa shape index (κ2) is 30.1. The Labute approximate surface area is 501 Å². The van der Waals surface area contributed by atoms with E-state index < -0.39 is 0 Å². The largest absolute Gasteiger partial charge is 0.490 e. The van der Waals surface area contributed by atoms with Gasteiger partial charge in [-0.2, -0.15) is 0 Å².